The van der Waals surface area contributed by atoms with E-state index in [0.29, 0.717) is 111 Å². The lowest BCUT2D eigenvalue weighted by atomic mass is 10.3. The van der Waals surface area contributed by atoms with Crippen LogP contribution in [0.25, 0.3) is 0 Å². The summed E-state index contributed by atoms with van der Waals surface area (Å²) in [7, 11) is 0. The average Bonchev–Trinajstić information content (AvgIpc) is 2.81. The first kappa shape index (κ1) is 28.5. The van der Waals surface area contributed by atoms with E-state index in [-0.39, 0.29) is 0 Å². The Morgan fingerprint density at radius 3 is 1.09 bits per heavy atom. The van der Waals surface area contributed by atoms with Crippen molar-refractivity contribution in [2.24, 2.45) is 5.73 Å². The van der Waals surface area contributed by atoms with Crippen LogP contribution < -0.4 is 16.2 Å². The Morgan fingerprint density at radius 1 is 0.438 bits per heavy atom. The molecule has 0 fully saturated rings. The monoisotopic (exact) mass is 460 g/mol. The average molecular weight is 461 g/mol. The fraction of sp³-hybridized carbons (Fsp3) is 0.727. The third-order valence-corrected chi connectivity index (χ3v) is 3.87. The van der Waals surface area contributed by atoms with E-state index < -0.39 is 0 Å². The highest BCUT2D eigenvalue weighted by Gasteiger charge is 1.96. The molecule has 1 aromatic carbocycles. The van der Waals surface area contributed by atoms with Crippen molar-refractivity contribution in [3.05, 3.63) is 24.3 Å². The van der Waals surface area contributed by atoms with E-state index in [1.54, 1.807) is 12.1 Å². The topological polar surface area (TPSA) is 126 Å². The zero-order valence-electron chi connectivity index (χ0n) is 19.0. The minimum atomic E-state index is 0.483. The molecule has 4 N–H and O–H groups in total. The molecule has 0 radical (unpaired) electrons. The maximum absolute atomic E-state index is 5.62. The predicted molar refractivity (Wildman–Crippen MR) is 121 cm³/mol. The van der Waals surface area contributed by atoms with Crippen molar-refractivity contribution < 1.29 is 37.9 Å². The van der Waals surface area contributed by atoms with Gasteiger partial charge in [0.25, 0.3) is 0 Å². The van der Waals surface area contributed by atoms with Gasteiger partial charge in [0.15, 0.2) is 0 Å². The molecule has 0 aliphatic heterocycles. The molecule has 0 aliphatic rings. The van der Waals surface area contributed by atoms with Crippen LogP contribution in [0.1, 0.15) is 0 Å². The summed E-state index contributed by atoms with van der Waals surface area (Å²) in [5, 5.41) is 0. The Morgan fingerprint density at radius 2 is 0.750 bits per heavy atom. The van der Waals surface area contributed by atoms with Crippen LogP contribution in [0.3, 0.4) is 0 Å². The van der Waals surface area contributed by atoms with Gasteiger partial charge < -0.3 is 49.4 Å². The predicted octanol–water partition coefficient (Wildman–Crippen LogP) is 0.723. The van der Waals surface area contributed by atoms with Crippen molar-refractivity contribution in [2.45, 2.75) is 0 Å². The lowest BCUT2D eigenvalue weighted by molar-refractivity contribution is -0.0210. The second-order valence-electron chi connectivity index (χ2n) is 6.49. The van der Waals surface area contributed by atoms with E-state index in [0.717, 1.165) is 5.75 Å². The maximum atomic E-state index is 5.62. The minimum absolute atomic E-state index is 0.483. The summed E-state index contributed by atoms with van der Waals surface area (Å²) in [5.74, 6) is 0.776. The molecule has 1 rings (SSSR count). The summed E-state index contributed by atoms with van der Waals surface area (Å²) in [6.45, 7) is 8.43. The van der Waals surface area contributed by atoms with Crippen LogP contribution in [0, 0.1) is 0 Å². The van der Waals surface area contributed by atoms with E-state index >= 15 is 0 Å². The second kappa shape index (κ2) is 22.7. The highest BCUT2D eigenvalue weighted by atomic mass is 16.6. The van der Waals surface area contributed by atoms with Crippen molar-refractivity contribution in [1.29, 1.82) is 0 Å². The number of anilines is 1. The van der Waals surface area contributed by atoms with Gasteiger partial charge in [0.05, 0.1) is 92.5 Å². The third-order valence-electron chi connectivity index (χ3n) is 3.87. The number of nitrogens with two attached hydrogens (primary N) is 2. The summed E-state index contributed by atoms with van der Waals surface area (Å²) in [6.07, 6.45) is 0. The van der Waals surface area contributed by atoms with Crippen LogP contribution in [-0.2, 0) is 33.2 Å². The molecule has 0 unspecified atom stereocenters. The fourth-order valence-electron chi connectivity index (χ4n) is 2.29. The Bertz CT molecular complexity index is 507. The number of rotatable bonds is 24. The van der Waals surface area contributed by atoms with Crippen molar-refractivity contribution in [2.75, 3.05) is 111 Å². The van der Waals surface area contributed by atoms with Crippen LogP contribution >= 0.6 is 0 Å². The lowest BCUT2D eigenvalue weighted by Crippen LogP contribution is -2.15. The van der Waals surface area contributed by atoms with Gasteiger partial charge in [-0.1, -0.05) is 0 Å². The van der Waals surface area contributed by atoms with E-state index in [1.165, 1.54) is 0 Å². The maximum Gasteiger partial charge on any atom is 0.119 e. The molecular formula is C22H40N2O8. The third kappa shape index (κ3) is 19.2. The van der Waals surface area contributed by atoms with Crippen LogP contribution in [-0.4, -0.2) is 106 Å². The Balaban J connectivity index is 1.67. The van der Waals surface area contributed by atoms with Gasteiger partial charge in [0.1, 0.15) is 12.4 Å². The molecule has 0 heterocycles. The Kier molecular flexibility index (Phi) is 20.2. The highest BCUT2D eigenvalue weighted by molar-refractivity contribution is 5.41. The molecule has 10 heteroatoms. The summed E-state index contributed by atoms with van der Waals surface area (Å²) < 4.78 is 43.2. The molecule has 0 amide bonds. The van der Waals surface area contributed by atoms with Gasteiger partial charge in [-0.3, -0.25) is 0 Å². The van der Waals surface area contributed by atoms with Gasteiger partial charge in [-0.2, -0.15) is 0 Å². The molecule has 0 aromatic heterocycles. The molecule has 0 aliphatic carbocycles. The Labute approximate surface area is 191 Å². The quantitative estimate of drug-likeness (QED) is 0.168. The Hall–Kier alpha value is -1.50. The standard InChI is InChI=1S/C22H40N2O8/c23-5-6-25-7-8-26-9-10-27-11-12-28-13-14-29-15-16-30-17-18-31-19-20-32-22-3-1-21(24)2-4-22/h1-4H,5-20,23-24H2. The van der Waals surface area contributed by atoms with Crippen molar-refractivity contribution >= 4 is 5.69 Å². The van der Waals surface area contributed by atoms with Crippen LogP contribution in [0.4, 0.5) is 5.69 Å². The van der Waals surface area contributed by atoms with Crippen molar-refractivity contribution in [3.8, 4) is 5.75 Å². The molecule has 1 aromatic rings. The van der Waals surface area contributed by atoms with E-state index in [2.05, 4.69) is 0 Å². The number of hydrogen-bond acceptors (Lipinski definition) is 10. The first-order valence-corrected chi connectivity index (χ1v) is 11.1. The molecule has 32 heavy (non-hydrogen) atoms. The molecule has 0 saturated heterocycles. The zero-order chi connectivity index (χ0) is 23.0. The number of nitrogen functional groups attached to an aromatic ring is 1. The molecule has 186 valence electrons. The van der Waals surface area contributed by atoms with Gasteiger partial charge in [-0.05, 0) is 24.3 Å². The number of hydrogen-bond donors (Lipinski definition) is 2. The summed E-state index contributed by atoms with van der Waals surface area (Å²) in [6, 6.07) is 7.27. The van der Waals surface area contributed by atoms with Crippen molar-refractivity contribution in [3.63, 3.8) is 0 Å². The summed E-state index contributed by atoms with van der Waals surface area (Å²) >= 11 is 0. The normalized spacial score (nSPS) is 11.2. The molecule has 0 bridgehead atoms. The van der Waals surface area contributed by atoms with E-state index in [4.69, 9.17) is 49.4 Å². The van der Waals surface area contributed by atoms with E-state index in [9.17, 15) is 0 Å². The van der Waals surface area contributed by atoms with Gasteiger partial charge in [-0.25, -0.2) is 0 Å². The molecule has 0 saturated carbocycles. The SMILES string of the molecule is NCCOCCOCCOCCOCCOCCOCCOCCOc1ccc(N)cc1. The summed E-state index contributed by atoms with van der Waals surface area (Å²) in [5.41, 5.74) is 11.6. The van der Waals surface area contributed by atoms with Crippen molar-refractivity contribution in [1.82, 2.24) is 0 Å². The molecule has 0 spiro atoms. The van der Waals surface area contributed by atoms with Gasteiger partial charge in [0.2, 0.25) is 0 Å². The lowest BCUT2D eigenvalue weighted by Gasteiger charge is -2.09. The molecular weight excluding hydrogens is 420 g/mol. The zero-order valence-corrected chi connectivity index (χ0v) is 19.0. The summed E-state index contributed by atoms with van der Waals surface area (Å²) in [4.78, 5) is 0. The molecule has 0 atom stereocenters. The first-order valence-electron chi connectivity index (χ1n) is 11.1. The number of benzene rings is 1. The molecule has 10 nitrogen and oxygen atoms in total. The minimum Gasteiger partial charge on any atom is -0.491 e. The second-order valence-corrected chi connectivity index (χ2v) is 6.49. The van der Waals surface area contributed by atoms with Crippen LogP contribution in [0.2, 0.25) is 0 Å². The van der Waals surface area contributed by atoms with Gasteiger partial charge >= 0.3 is 0 Å². The number of ether oxygens (including phenoxy) is 8. The van der Waals surface area contributed by atoms with Gasteiger partial charge in [-0.15, -0.1) is 0 Å². The van der Waals surface area contributed by atoms with Crippen LogP contribution in [0.15, 0.2) is 24.3 Å². The largest absolute Gasteiger partial charge is 0.491 e. The van der Waals surface area contributed by atoms with Gasteiger partial charge in [0, 0.05) is 12.2 Å². The first-order chi connectivity index (χ1) is 15.8. The highest BCUT2D eigenvalue weighted by Crippen LogP contribution is 2.12. The fourth-order valence-corrected chi connectivity index (χ4v) is 2.29. The smallest absolute Gasteiger partial charge is 0.119 e. The van der Waals surface area contributed by atoms with E-state index in [1.807, 2.05) is 12.1 Å². The van der Waals surface area contributed by atoms with Crippen LogP contribution in [0.5, 0.6) is 5.75 Å².